The molecule has 3 rings (SSSR count). The first kappa shape index (κ1) is 12.9. The van der Waals surface area contributed by atoms with Crippen LogP contribution in [0.3, 0.4) is 0 Å². The molecule has 2 aromatic rings. The van der Waals surface area contributed by atoms with Crippen LogP contribution in [-0.4, -0.2) is 13.1 Å². The van der Waals surface area contributed by atoms with Crippen LogP contribution in [0.2, 0.25) is 6.32 Å². The average Bonchev–Trinajstić information content (AvgIpc) is 2.87. The van der Waals surface area contributed by atoms with Crippen molar-refractivity contribution >= 4 is 13.1 Å². The third-order valence-electron chi connectivity index (χ3n) is 3.53. The van der Waals surface area contributed by atoms with Crippen molar-refractivity contribution in [1.82, 2.24) is 0 Å². The molecule has 0 aromatic heterocycles. The number of hydrogen-bond acceptors (Lipinski definition) is 3. The van der Waals surface area contributed by atoms with E-state index in [1.165, 1.54) is 0 Å². The van der Waals surface area contributed by atoms with Gasteiger partial charge in [0.25, 0.3) is 0 Å². The molecular weight excluding hydrogens is 251 g/mol. The maximum Gasteiger partial charge on any atom is 0.528 e. The fourth-order valence-corrected chi connectivity index (χ4v) is 2.52. The highest BCUT2D eigenvalue weighted by atomic mass is 16.7. The third-order valence-corrected chi connectivity index (χ3v) is 3.53. The summed E-state index contributed by atoms with van der Waals surface area (Å²) in [5.74, 6) is -0.346. The van der Waals surface area contributed by atoms with Crippen LogP contribution in [0, 0.1) is 0 Å². The van der Waals surface area contributed by atoms with Crippen molar-refractivity contribution in [3.05, 3.63) is 71.8 Å². The lowest BCUT2D eigenvalue weighted by molar-refractivity contribution is -0.141. The van der Waals surface area contributed by atoms with Gasteiger partial charge in [0.05, 0.1) is 0 Å². The second-order valence-electron chi connectivity index (χ2n) is 4.77. The summed E-state index contributed by atoms with van der Waals surface area (Å²) in [4.78, 5) is 12.5. The lowest BCUT2D eigenvalue weighted by atomic mass is 9.83. The normalized spacial score (nSPS) is 17.1. The van der Waals surface area contributed by atoms with Crippen LogP contribution in [0.15, 0.2) is 60.7 Å². The van der Waals surface area contributed by atoms with Crippen molar-refractivity contribution in [2.24, 2.45) is 0 Å². The Kier molecular flexibility index (Phi) is 3.32. The standard InChI is InChI=1S/C16H15BO3/c1-2-17-19-15(18)16(20-17,13-9-5-3-6-10-13)14-11-7-4-8-12-14/h3-12H,2H2,1H3. The fraction of sp³-hybridized carbons (Fsp3) is 0.188. The molecule has 0 saturated carbocycles. The molecule has 1 heterocycles. The van der Waals surface area contributed by atoms with Gasteiger partial charge in [-0.05, 0) is 17.4 Å². The number of carbonyl (C=O) groups excluding carboxylic acids is 1. The van der Waals surface area contributed by atoms with Crippen LogP contribution in [0.25, 0.3) is 0 Å². The lowest BCUT2D eigenvalue weighted by Gasteiger charge is -2.26. The first-order valence-corrected chi connectivity index (χ1v) is 6.77. The average molecular weight is 266 g/mol. The summed E-state index contributed by atoms with van der Waals surface area (Å²) in [5, 5.41) is 0. The minimum atomic E-state index is -1.15. The third kappa shape index (κ3) is 1.93. The molecule has 0 N–H and O–H groups in total. The number of hydrogen-bond donors (Lipinski definition) is 0. The summed E-state index contributed by atoms with van der Waals surface area (Å²) >= 11 is 0. The minimum Gasteiger partial charge on any atom is -0.507 e. The van der Waals surface area contributed by atoms with Gasteiger partial charge in [0, 0.05) is 0 Å². The fourth-order valence-electron chi connectivity index (χ4n) is 2.52. The van der Waals surface area contributed by atoms with Gasteiger partial charge < -0.3 is 9.31 Å². The van der Waals surface area contributed by atoms with Crippen LogP contribution in [0.1, 0.15) is 18.1 Å². The Hall–Kier alpha value is -2.07. The Labute approximate surface area is 118 Å². The van der Waals surface area contributed by atoms with Crippen LogP contribution in [-0.2, 0) is 19.7 Å². The summed E-state index contributed by atoms with van der Waals surface area (Å²) in [7, 11) is -0.497. The molecule has 100 valence electrons. The Balaban J connectivity index is 2.17. The minimum absolute atomic E-state index is 0.346. The van der Waals surface area contributed by atoms with Crippen LogP contribution < -0.4 is 0 Å². The second kappa shape index (κ2) is 5.14. The SMILES string of the molecule is CCB1OC(=O)C(c2ccccc2)(c2ccccc2)O1. The first-order chi connectivity index (χ1) is 9.77. The van der Waals surface area contributed by atoms with Crippen molar-refractivity contribution in [2.75, 3.05) is 0 Å². The van der Waals surface area contributed by atoms with Gasteiger partial charge in [0.1, 0.15) is 0 Å². The van der Waals surface area contributed by atoms with Gasteiger partial charge in [-0.1, -0.05) is 67.6 Å². The smallest absolute Gasteiger partial charge is 0.507 e. The van der Waals surface area contributed by atoms with Crippen LogP contribution >= 0.6 is 0 Å². The number of benzene rings is 2. The zero-order valence-corrected chi connectivity index (χ0v) is 11.3. The van der Waals surface area contributed by atoms with Gasteiger partial charge in [-0.2, -0.15) is 0 Å². The molecule has 0 aliphatic carbocycles. The summed E-state index contributed by atoms with van der Waals surface area (Å²) in [6.07, 6.45) is 0.632. The molecule has 0 bridgehead atoms. The topological polar surface area (TPSA) is 35.5 Å². The molecule has 0 atom stereocenters. The molecule has 0 radical (unpaired) electrons. The molecule has 0 amide bonds. The van der Waals surface area contributed by atoms with Crippen molar-refractivity contribution < 1.29 is 14.1 Å². The molecule has 2 aromatic carbocycles. The predicted octanol–water partition coefficient (Wildman–Crippen LogP) is 3.01. The van der Waals surface area contributed by atoms with Gasteiger partial charge in [-0.25, -0.2) is 4.79 Å². The number of carbonyl (C=O) groups is 1. The van der Waals surface area contributed by atoms with Gasteiger partial charge in [0.2, 0.25) is 5.60 Å². The molecule has 1 aliphatic rings. The molecule has 1 fully saturated rings. The Bertz CT molecular complexity index is 558. The highest BCUT2D eigenvalue weighted by Crippen LogP contribution is 2.40. The summed E-state index contributed by atoms with van der Waals surface area (Å²) in [5.41, 5.74) is 0.447. The van der Waals surface area contributed by atoms with Gasteiger partial charge >= 0.3 is 13.1 Å². The van der Waals surface area contributed by atoms with E-state index >= 15 is 0 Å². The van der Waals surface area contributed by atoms with Gasteiger partial charge in [-0.3, -0.25) is 0 Å². The molecule has 1 saturated heterocycles. The van der Waals surface area contributed by atoms with E-state index < -0.39 is 12.7 Å². The maximum atomic E-state index is 12.5. The molecule has 1 aliphatic heterocycles. The van der Waals surface area contributed by atoms with Gasteiger partial charge in [0.15, 0.2) is 0 Å². The molecule has 20 heavy (non-hydrogen) atoms. The van der Waals surface area contributed by atoms with Crippen molar-refractivity contribution in [2.45, 2.75) is 18.8 Å². The number of rotatable bonds is 3. The van der Waals surface area contributed by atoms with Gasteiger partial charge in [-0.15, -0.1) is 0 Å². The molecule has 4 heteroatoms. The van der Waals surface area contributed by atoms with Crippen molar-refractivity contribution in [1.29, 1.82) is 0 Å². The first-order valence-electron chi connectivity index (χ1n) is 6.77. The monoisotopic (exact) mass is 266 g/mol. The summed E-state index contributed by atoms with van der Waals surface area (Å²) in [6.45, 7) is 1.93. The van der Waals surface area contributed by atoms with E-state index in [-0.39, 0.29) is 5.97 Å². The van der Waals surface area contributed by atoms with Crippen molar-refractivity contribution in [3.8, 4) is 0 Å². The van der Waals surface area contributed by atoms with Crippen LogP contribution in [0.5, 0.6) is 0 Å². The molecule has 0 unspecified atom stereocenters. The highest BCUT2D eigenvalue weighted by Gasteiger charge is 2.54. The van der Waals surface area contributed by atoms with E-state index in [0.29, 0.717) is 6.32 Å². The summed E-state index contributed by atoms with van der Waals surface area (Å²) in [6, 6.07) is 19.0. The largest absolute Gasteiger partial charge is 0.528 e. The maximum absolute atomic E-state index is 12.5. The zero-order chi connectivity index (χ0) is 14.0. The van der Waals surface area contributed by atoms with E-state index in [0.717, 1.165) is 11.1 Å². The Morgan fingerprint density at radius 2 is 1.45 bits per heavy atom. The lowest BCUT2D eigenvalue weighted by Crippen LogP contribution is -2.35. The molecular formula is C16H15BO3. The van der Waals surface area contributed by atoms with E-state index in [1.807, 2.05) is 67.6 Å². The predicted molar refractivity (Wildman–Crippen MR) is 77.1 cm³/mol. The van der Waals surface area contributed by atoms with E-state index in [1.54, 1.807) is 0 Å². The van der Waals surface area contributed by atoms with E-state index in [2.05, 4.69) is 0 Å². The molecule has 0 spiro atoms. The molecule has 3 nitrogen and oxygen atoms in total. The van der Waals surface area contributed by atoms with Crippen LogP contribution in [0.4, 0.5) is 0 Å². The Morgan fingerprint density at radius 3 is 1.85 bits per heavy atom. The quantitative estimate of drug-likeness (QED) is 0.801. The van der Waals surface area contributed by atoms with E-state index in [4.69, 9.17) is 9.31 Å². The Morgan fingerprint density at radius 1 is 0.950 bits per heavy atom. The second-order valence-corrected chi connectivity index (χ2v) is 4.77. The van der Waals surface area contributed by atoms with Crippen molar-refractivity contribution in [3.63, 3.8) is 0 Å². The zero-order valence-electron chi connectivity index (χ0n) is 11.3. The van der Waals surface area contributed by atoms with E-state index in [9.17, 15) is 4.79 Å². The highest BCUT2D eigenvalue weighted by molar-refractivity contribution is 6.49. The summed E-state index contributed by atoms with van der Waals surface area (Å²) < 4.78 is 11.4.